The molecule has 0 saturated carbocycles. The summed E-state index contributed by atoms with van der Waals surface area (Å²) >= 11 is 2.77. The Morgan fingerprint density at radius 1 is 1.38 bits per heavy atom. The first-order valence-electron chi connectivity index (χ1n) is 3.81. The van der Waals surface area contributed by atoms with E-state index in [1.54, 1.807) is 6.92 Å². The van der Waals surface area contributed by atoms with Crippen LogP contribution < -0.4 is 0 Å². The summed E-state index contributed by atoms with van der Waals surface area (Å²) in [6, 6.07) is 2.43. The van der Waals surface area contributed by atoms with Gasteiger partial charge in [-0.3, -0.25) is 0 Å². The van der Waals surface area contributed by atoms with Gasteiger partial charge in [-0.15, -0.1) is 0 Å². The molecule has 0 aliphatic carbocycles. The minimum atomic E-state index is -0.643. The summed E-state index contributed by atoms with van der Waals surface area (Å²) in [7, 11) is 0. The number of rotatable bonds is 2. The van der Waals surface area contributed by atoms with Gasteiger partial charge in [0, 0.05) is 12.5 Å². The third kappa shape index (κ3) is 2.25. The van der Waals surface area contributed by atoms with Gasteiger partial charge in [0.25, 0.3) is 0 Å². The highest BCUT2D eigenvalue weighted by molar-refractivity contribution is 9.10. The lowest BCUT2D eigenvalue weighted by molar-refractivity contribution is 0.272. The first-order valence-corrected chi connectivity index (χ1v) is 4.61. The van der Waals surface area contributed by atoms with E-state index in [1.807, 2.05) is 0 Å². The van der Waals surface area contributed by atoms with Crippen molar-refractivity contribution in [2.45, 2.75) is 12.8 Å². The Hall–Kier alpha value is -0.480. The van der Waals surface area contributed by atoms with Gasteiger partial charge in [-0.25, -0.2) is 8.78 Å². The summed E-state index contributed by atoms with van der Waals surface area (Å²) in [6.45, 7) is 1.57. The standard InChI is InChI=1S/C9H9BrF2O/c1-5(4-13)6-2-7(11)9(10)8(12)3-6/h2-3,5,13H,4H2,1H3. The van der Waals surface area contributed by atoms with Crippen molar-refractivity contribution in [2.75, 3.05) is 6.61 Å². The van der Waals surface area contributed by atoms with E-state index in [-0.39, 0.29) is 17.0 Å². The lowest BCUT2D eigenvalue weighted by Crippen LogP contribution is -2.00. The summed E-state index contributed by atoms with van der Waals surface area (Å²) in [5.74, 6) is -1.54. The molecule has 72 valence electrons. The summed E-state index contributed by atoms with van der Waals surface area (Å²) in [5.41, 5.74) is 0.459. The van der Waals surface area contributed by atoms with E-state index in [4.69, 9.17) is 5.11 Å². The first kappa shape index (κ1) is 10.6. The van der Waals surface area contributed by atoms with E-state index in [2.05, 4.69) is 15.9 Å². The van der Waals surface area contributed by atoms with Crippen LogP contribution >= 0.6 is 15.9 Å². The third-order valence-electron chi connectivity index (χ3n) is 1.85. The zero-order valence-electron chi connectivity index (χ0n) is 7.02. The molecule has 0 fully saturated rings. The Kier molecular flexibility index (Phi) is 3.39. The van der Waals surface area contributed by atoms with E-state index in [9.17, 15) is 8.78 Å². The molecule has 13 heavy (non-hydrogen) atoms. The van der Waals surface area contributed by atoms with Gasteiger partial charge in [0.2, 0.25) is 0 Å². The van der Waals surface area contributed by atoms with E-state index in [0.717, 1.165) is 0 Å². The first-order chi connectivity index (χ1) is 6.06. The SMILES string of the molecule is CC(CO)c1cc(F)c(Br)c(F)c1. The van der Waals surface area contributed by atoms with E-state index in [1.165, 1.54) is 12.1 Å². The monoisotopic (exact) mass is 250 g/mol. The highest BCUT2D eigenvalue weighted by atomic mass is 79.9. The van der Waals surface area contributed by atoms with Gasteiger partial charge in [-0.05, 0) is 33.6 Å². The molecular weight excluding hydrogens is 242 g/mol. The maximum absolute atomic E-state index is 13.0. The largest absolute Gasteiger partial charge is 0.396 e. The fraction of sp³-hybridized carbons (Fsp3) is 0.333. The molecule has 1 nitrogen and oxygen atoms in total. The van der Waals surface area contributed by atoms with Crippen LogP contribution in [-0.4, -0.2) is 11.7 Å². The van der Waals surface area contributed by atoms with Crippen molar-refractivity contribution < 1.29 is 13.9 Å². The van der Waals surface area contributed by atoms with Crippen LogP contribution in [0.5, 0.6) is 0 Å². The van der Waals surface area contributed by atoms with Crippen LogP contribution in [0.3, 0.4) is 0 Å². The molecule has 1 aromatic carbocycles. The van der Waals surface area contributed by atoms with Gasteiger partial charge < -0.3 is 5.11 Å². The number of hydrogen-bond acceptors (Lipinski definition) is 1. The van der Waals surface area contributed by atoms with Crippen LogP contribution in [0.2, 0.25) is 0 Å². The Morgan fingerprint density at radius 3 is 2.23 bits per heavy atom. The van der Waals surface area contributed by atoms with Crippen LogP contribution in [0.15, 0.2) is 16.6 Å². The molecule has 1 atom stereocenters. The predicted molar refractivity (Wildman–Crippen MR) is 49.6 cm³/mol. The quantitative estimate of drug-likeness (QED) is 0.801. The molecule has 0 aliphatic rings. The number of halogens is 3. The number of hydrogen-bond donors (Lipinski definition) is 1. The van der Waals surface area contributed by atoms with Crippen LogP contribution in [0.4, 0.5) is 8.78 Å². The number of benzene rings is 1. The average molecular weight is 251 g/mol. The highest BCUT2D eigenvalue weighted by Crippen LogP contribution is 2.24. The second-order valence-corrected chi connectivity index (χ2v) is 3.68. The second kappa shape index (κ2) is 4.15. The van der Waals surface area contributed by atoms with Crippen LogP contribution in [0.25, 0.3) is 0 Å². The van der Waals surface area contributed by atoms with E-state index >= 15 is 0 Å². The predicted octanol–water partition coefficient (Wildman–Crippen LogP) is 2.82. The lowest BCUT2D eigenvalue weighted by atomic mass is 10.0. The molecule has 0 bridgehead atoms. The minimum absolute atomic E-state index is 0.124. The normalized spacial score (nSPS) is 13.0. The topological polar surface area (TPSA) is 20.2 Å². The van der Waals surface area contributed by atoms with Crippen LogP contribution in [0.1, 0.15) is 18.4 Å². The van der Waals surface area contributed by atoms with Gasteiger partial charge in [-0.2, -0.15) is 0 Å². The summed E-state index contributed by atoms with van der Waals surface area (Å²) in [6.07, 6.45) is 0. The molecule has 1 unspecified atom stereocenters. The van der Waals surface area contributed by atoms with E-state index < -0.39 is 11.6 Å². The maximum Gasteiger partial charge on any atom is 0.140 e. The maximum atomic E-state index is 13.0. The van der Waals surface area contributed by atoms with Crippen molar-refractivity contribution in [2.24, 2.45) is 0 Å². The molecule has 1 N–H and O–H groups in total. The van der Waals surface area contributed by atoms with Crippen molar-refractivity contribution in [3.05, 3.63) is 33.8 Å². The third-order valence-corrected chi connectivity index (χ3v) is 2.61. The molecule has 0 aromatic heterocycles. The fourth-order valence-electron chi connectivity index (χ4n) is 0.965. The molecule has 0 aliphatic heterocycles. The van der Waals surface area contributed by atoms with Gasteiger partial charge in [0.1, 0.15) is 11.6 Å². The zero-order valence-corrected chi connectivity index (χ0v) is 8.61. The molecule has 0 heterocycles. The average Bonchev–Trinajstić information content (AvgIpc) is 2.12. The van der Waals surface area contributed by atoms with Crippen molar-refractivity contribution in [3.8, 4) is 0 Å². The van der Waals surface area contributed by atoms with Crippen molar-refractivity contribution in [3.63, 3.8) is 0 Å². The molecule has 0 spiro atoms. The van der Waals surface area contributed by atoms with Gasteiger partial charge in [-0.1, -0.05) is 6.92 Å². The minimum Gasteiger partial charge on any atom is -0.396 e. The zero-order chi connectivity index (χ0) is 10.0. The summed E-state index contributed by atoms with van der Waals surface area (Å²) in [4.78, 5) is 0. The summed E-state index contributed by atoms with van der Waals surface area (Å²) in [5, 5.41) is 8.78. The number of aliphatic hydroxyl groups is 1. The fourth-order valence-corrected chi connectivity index (χ4v) is 1.19. The van der Waals surface area contributed by atoms with Gasteiger partial charge >= 0.3 is 0 Å². The molecule has 1 rings (SSSR count). The number of aliphatic hydroxyl groups excluding tert-OH is 1. The molecule has 0 radical (unpaired) electrons. The van der Waals surface area contributed by atoms with Crippen molar-refractivity contribution in [1.29, 1.82) is 0 Å². The Bertz CT molecular complexity index is 291. The van der Waals surface area contributed by atoms with Crippen LogP contribution in [-0.2, 0) is 0 Å². The molecule has 0 saturated heterocycles. The molecular formula is C9H9BrF2O. The highest BCUT2D eigenvalue weighted by Gasteiger charge is 2.11. The second-order valence-electron chi connectivity index (χ2n) is 2.88. The van der Waals surface area contributed by atoms with E-state index in [0.29, 0.717) is 5.56 Å². The summed E-state index contributed by atoms with van der Waals surface area (Å²) < 4.78 is 25.8. The Morgan fingerprint density at radius 2 is 1.85 bits per heavy atom. The Balaban J connectivity index is 3.13. The lowest BCUT2D eigenvalue weighted by Gasteiger charge is -2.09. The van der Waals surface area contributed by atoms with Gasteiger partial charge in [0.15, 0.2) is 0 Å². The molecule has 0 amide bonds. The van der Waals surface area contributed by atoms with Crippen molar-refractivity contribution in [1.82, 2.24) is 0 Å². The van der Waals surface area contributed by atoms with Crippen molar-refractivity contribution >= 4 is 15.9 Å². The van der Waals surface area contributed by atoms with Gasteiger partial charge in [0.05, 0.1) is 4.47 Å². The molecule has 4 heteroatoms. The molecule has 1 aromatic rings. The smallest absolute Gasteiger partial charge is 0.140 e. The Labute approximate surface area is 83.5 Å². The van der Waals surface area contributed by atoms with Crippen LogP contribution in [0, 0.1) is 11.6 Å².